The van der Waals surface area contributed by atoms with E-state index in [2.05, 4.69) is 15.6 Å². The lowest BCUT2D eigenvalue weighted by molar-refractivity contribution is -0.139. The van der Waals surface area contributed by atoms with Gasteiger partial charge in [-0.1, -0.05) is 0 Å². The number of aromatic nitrogens is 1. The highest BCUT2D eigenvalue weighted by Gasteiger charge is 2.52. The molecule has 18 heavy (non-hydrogen) atoms. The number of nitrogens with one attached hydrogen (secondary N) is 2. The maximum Gasteiger partial charge on any atom is 0.320 e. The zero-order valence-electron chi connectivity index (χ0n) is 9.34. The predicted molar refractivity (Wildman–Crippen MR) is 60.3 cm³/mol. The van der Waals surface area contributed by atoms with E-state index in [1.165, 1.54) is 6.20 Å². The third kappa shape index (κ3) is 1.52. The first-order chi connectivity index (χ1) is 8.61. The number of carboxylic acid groups (broad SMARTS) is 1. The van der Waals surface area contributed by atoms with Gasteiger partial charge in [-0.05, 0) is 0 Å². The maximum absolute atomic E-state index is 12.1. The van der Waals surface area contributed by atoms with Crippen LogP contribution in [0.5, 0.6) is 5.75 Å². The molecule has 0 aliphatic carbocycles. The topological polar surface area (TPSA) is 101 Å². The van der Waals surface area contributed by atoms with Gasteiger partial charge in [0.05, 0.1) is 6.20 Å². The molecule has 94 valence electrons. The highest BCUT2D eigenvalue weighted by atomic mass is 16.5. The van der Waals surface area contributed by atoms with E-state index in [1.807, 2.05) is 0 Å². The van der Waals surface area contributed by atoms with Gasteiger partial charge in [0.1, 0.15) is 17.5 Å². The largest absolute Gasteiger partial charge is 0.480 e. The summed E-state index contributed by atoms with van der Waals surface area (Å²) < 4.78 is 5.70. The summed E-state index contributed by atoms with van der Waals surface area (Å²) in [7, 11) is 0. The molecule has 2 unspecified atom stereocenters. The molecule has 1 aromatic rings. The molecule has 0 radical (unpaired) electrons. The van der Waals surface area contributed by atoms with Gasteiger partial charge in [0, 0.05) is 25.2 Å². The number of carbonyl (C=O) groups excluding carboxylic acids is 1. The molecule has 2 atom stereocenters. The number of carboxylic acids is 1. The molecule has 1 amide bonds. The second-order valence-corrected chi connectivity index (χ2v) is 4.40. The average molecular weight is 249 g/mol. The number of hydrogen-bond donors (Lipinski definition) is 3. The van der Waals surface area contributed by atoms with Gasteiger partial charge in [-0.15, -0.1) is 0 Å². The summed E-state index contributed by atoms with van der Waals surface area (Å²) in [6.45, 7) is 0.178. The van der Waals surface area contributed by atoms with Gasteiger partial charge >= 0.3 is 5.97 Å². The van der Waals surface area contributed by atoms with Gasteiger partial charge in [0.25, 0.3) is 5.91 Å². The molecular formula is C11H11N3O4. The second-order valence-electron chi connectivity index (χ2n) is 4.40. The number of nitrogens with zero attached hydrogens (tertiary/aromatic N) is 1. The summed E-state index contributed by atoms with van der Waals surface area (Å²) in [5.41, 5.74) is -0.635. The van der Waals surface area contributed by atoms with Crippen LogP contribution in [-0.4, -0.2) is 40.2 Å². The van der Waals surface area contributed by atoms with Crippen molar-refractivity contribution in [3.05, 3.63) is 18.5 Å². The highest BCUT2D eigenvalue weighted by Crippen LogP contribution is 2.36. The highest BCUT2D eigenvalue weighted by molar-refractivity contribution is 6.01. The van der Waals surface area contributed by atoms with E-state index in [9.17, 15) is 9.59 Å². The molecule has 0 aromatic carbocycles. The van der Waals surface area contributed by atoms with Crippen molar-refractivity contribution in [3.8, 4) is 5.75 Å². The van der Waals surface area contributed by atoms with E-state index in [1.54, 1.807) is 12.3 Å². The monoisotopic (exact) mass is 249 g/mol. The van der Waals surface area contributed by atoms with Gasteiger partial charge in [0.15, 0.2) is 0 Å². The number of fused-ring (bicyclic) bond motifs is 1. The molecule has 1 spiro atoms. The van der Waals surface area contributed by atoms with Gasteiger partial charge in [0.2, 0.25) is 5.60 Å². The van der Waals surface area contributed by atoms with E-state index in [0.717, 1.165) is 0 Å². The lowest BCUT2D eigenvalue weighted by Crippen LogP contribution is -2.52. The van der Waals surface area contributed by atoms with E-state index in [4.69, 9.17) is 9.84 Å². The molecule has 7 nitrogen and oxygen atoms in total. The summed E-state index contributed by atoms with van der Waals surface area (Å²) in [5.74, 6) is -0.805. The third-order valence-corrected chi connectivity index (χ3v) is 3.21. The van der Waals surface area contributed by atoms with Crippen LogP contribution in [0.4, 0.5) is 5.69 Å². The van der Waals surface area contributed by atoms with Gasteiger partial charge in [-0.2, -0.15) is 0 Å². The number of carbonyl (C=O) groups is 2. The Morgan fingerprint density at radius 1 is 1.61 bits per heavy atom. The zero-order chi connectivity index (χ0) is 12.8. The Hall–Kier alpha value is -2.15. The van der Waals surface area contributed by atoms with Crippen LogP contribution in [0.2, 0.25) is 0 Å². The minimum Gasteiger partial charge on any atom is -0.480 e. The van der Waals surface area contributed by atoms with Gasteiger partial charge in [-0.25, -0.2) is 0 Å². The molecule has 0 bridgehead atoms. The summed E-state index contributed by atoms with van der Waals surface area (Å²) in [4.78, 5) is 26.9. The minimum absolute atomic E-state index is 0.107. The molecule has 3 rings (SSSR count). The molecule has 1 aromatic heterocycles. The standard InChI is InChI=1S/C11H11N3O4/c15-9(16)6-3-11(5-13-6)10(17)14-7-4-12-2-1-8(7)18-11/h1-2,4,6,13H,3,5H2,(H,14,17)(H,15,16). The van der Waals surface area contributed by atoms with Crippen LogP contribution in [0.15, 0.2) is 18.5 Å². The Balaban J connectivity index is 1.92. The first-order valence-electron chi connectivity index (χ1n) is 5.51. The SMILES string of the molecule is O=C(O)C1CC2(CN1)Oc1ccncc1NC2=O. The summed E-state index contributed by atoms with van der Waals surface area (Å²) >= 11 is 0. The van der Waals surface area contributed by atoms with Crippen LogP contribution >= 0.6 is 0 Å². The van der Waals surface area contributed by atoms with Crippen molar-refractivity contribution in [2.24, 2.45) is 0 Å². The second kappa shape index (κ2) is 3.67. The van der Waals surface area contributed by atoms with Crippen molar-refractivity contribution in [2.45, 2.75) is 18.1 Å². The zero-order valence-corrected chi connectivity index (χ0v) is 9.34. The fourth-order valence-corrected chi connectivity index (χ4v) is 2.25. The Labute approximate surface area is 102 Å². The quantitative estimate of drug-likeness (QED) is 0.626. The third-order valence-electron chi connectivity index (χ3n) is 3.21. The van der Waals surface area contributed by atoms with Gasteiger partial charge in [-0.3, -0.25) is 19.9 Å². The number of rotatable bonds is 1. The fourth-order valence-electron chi connectivity index (χ4n) is 2.25. The summed E-state index contributed by atoms with van der Waals surface area (Å²) in [6, 6.07) is 0.879. The van der Waals surface area contributed by atoms with Crippen LogP contribution in [0, 0.1) is 0 Å². The van der Waals surface area contributed by atoms with E-state index in [-0.39, 0.29) is 18.9 Å². The number of anilines is 1. The summed E-state index contributed by atoms with van der Waals surface area (Å²) in [5, 5.41) is 14.4. The number of aliphatic carboxylic acids is 1. The molecule has 1 saturated heterocycles. The Morgan fingerprint density at radius 3 is 3.17 bits per heavy atom. The van der Waals surface area contributed by atoms with Crippen molar-refractivity contribution >= 4 is 17.6 Å². The number of hydrogen-bond acceptors (Lipinski definition) is 5. The molecular weight excluding hydrogens is 238 g/mol. The Kier molecular flexibility index (Phi) is 2.24. The molecule has 0 saturated carbocycles. The lowest BCUT2D eigenvalue weighted by atomic mass is 9.97. The minimum atomic E-state index is -1.14. The first kappa shape index (κ1) is 11.0. The smallest absolute Gasteiger partial charge is 0.320 e. The molecule has 1 fully saturated rings. The lowest BCUT2D eigenvalue weighted by Gasteiger charge is -2.33. The van der Waals surface area contributed by atoms with Crippen molar-refractivity contribution in [1.29, 1.82) is 0 Å². The van der Waals surface area contributed by atoms with Crippen LogP contribution in [0.25, 0.3) is 0 Å². The van der Waals surface area contributed by atoms with Crippen LogP contribution in [-0.2, 0) is 9.59 Å². The van der Waals surface area contributed by atoms with Crippen LogP contribution < -0.4 is 15.4 Å². The van der Waals surface area contributed by atoms with Gasteiger partial charge < -0.3 is 15.2 Å². The number of amides is 1. The van der Waals surface area contributed by atoms with E-state index >= 15 is 0 Å². The van der Waals surface area contributed by atoms with E-state index < -0.39 is 17.6 Å². The first-order valence-corrected chi connectivity index (χ1v) is 5.51. The molecule has 3 heterocycles. The van der Waals surface area contributed by atoms with Crippen LogP contribution in [0.3, 0.4) is 0 Å². The summed E-state index contributed by atoms with van der Waals surface area (Å²) in [6.07, 6.45) is 3.16. The molecule has 2 aliphatic heterocycles. The van der Waals surface area contributed by atoms with E-state index in [0.29, 0.717) is 11.4 Å². The van der Waals surface area contributed by atoms with Crippen molar-refractivity contribution in [3.63, 3.8) is 0 Å². The normalized spacial score (nSPS) is 29.6. The Morgan fingerprint density at radius 2 is 2.44 bits per heavy atom. The molecule has 2 aliphatic rings. The van der Waals surface area contributed by atoms with Crippen molar-refractivity contribution in [1.82, 2.24) is 10.3 Å². The van der Waals surface area contributed by atoms with Crippen LogP contribution in [0.1, 0.15) is 6.42 Å². The molecule has 7 heteroatoms. The number of ether oxygens (including phenoxy) is 1. The van der Waals surface area contributed by atoms with Crippen molar-refractivity contribution in [2.75, 3.05) is 11.9 Å². The Bertz CT molecular complexity index is 533. The molecule has 3 N–H and O–H groups in total. The maximum atomic E-state index is 12.1. The fraction of sp³-hybridized carbons (Fsp3) is 0.364. The average Bonchev–Trinajstić information content (AvgIpc) is 2.76. The van der Waals surface area contributed by atoms with Crippen molar-refractivity contribution < 1.29 is 19.4 Å². The predicted octanol–water partition coefficient (Wildman–Crippen LogP) is -0.402. The number of pyridine rings is 1.